The summed E-state index contributed by atoms with van der Waals surface area (Å²) in [4.78, 5) is 25.3. The van der Waals surface area contributed by atoms with Gasteiger partial charge in [0.25, 0.3) is 0 Å². The Balaban J connectivity index is 0.000000557. The van der Waals surface area contributed by atoms with Crippen molar-refractivity contribution in [3.8, 4) is 0 Å². The molecule has 0 bridgehead atoms. The van der Waals surface area contributed by atoms with Gasteiger partial charge in [-0.25, -0.2) is 9.59 Å². The molecule has 4 N–H and O–H groups in total. The van der Waals surface area contributed by atoms with E-state index in [4.69, 9.17) is 19.8 Å². The molecule has 2 aliphatic rings. The molecule has 0 radical (unpaired) electrons. The van der Waals surface area contributed by atoms with Gasteiger partial charge in [-0.3, -0.25) is 9.88 Å². The van der Waals surface area contributed by atoms with E-state index >= 15 is 0 Å². The molecule has 8 nitrogen and oxygen atoms in total. The lowest BCUT2D eigenvalue weighted by Crippen LogP contribution is -2.50. The van der Waals surface area contributed by atoms with Gasteiger partial charge in [0, 0.05) is 24.0 Å². The highest BCUT2D eigenvalue weighted by molar-refractivity contribution is 7.17. The van der Waals surface area contributed by atoms with Crippen molar-refractivity contribution in [3.05, 3.63) is 71.4 Å². The highest BCUT2D eigenvalue weighted by atomic mass is 32.1. The molecule has 2 unspecified atom stereocenters. The molecule has 1 saturated carbocycles. The van der Waals surface area contributed by atoms with Crippen LogP contribution >= 0.6 is 11.3 Å². The number of thiophene rings is 1. The molecule has 1 aliphatic carbocycles. The van der Waals surface area contributed by atoms with Crippen molar-refractivity contribution in [2.75, 3.05) is 26.2 Å². The fourth-order valence-corrected chi connectivity index (χ4v) is 6.95. The largest absolute Gasteiger partial charge is 0.473 e. The van der Waals surface area contributed by atoms with Crippen LogP contribution in [0.2, 0.25) is 0 Å². The maximum Gasteiger partial charge on any atom is 0.414 e. The van der Waals surface area contributed by atoms with Crippen molar-refractivity contribution in [3.63, 3.8) is 0 Å². The predicted octanol–water partition coefficient (Wildman–Crippen LogP) is 4.80. The number of aliphatic hydroxyl groups excluding tert-OH is 2. The van der Waals surface area contributed by atoms with Crippen LogP contribution in [0.25, 0.3) is 15.7 Å². The number of nitrogens with zero attached hydrogens (tertiary/aromatic N) is 2. The molecule has 1 aliphatic heterocycles. The zero-order valence-electron chi connectivity index (χ0n) is 22.6. The molecule has 9 heteroatoms. The first kappa shape index (κ1) is 29.9. The summed E-state index contributed by atoms with van der Waals surface area (Å²) in [5.41, 5.74) is 2.92. The molecule has 3 heterocycles. The number of carbonyl (C=O) groups is 2. The van der Waals surface area contributed by atoms with E-state index in [0.717, 1.165) is 44.6 Å². The zero-order valence-corrected chi connectivity index (χ0v) is 23.4. The molecular formula is C31H38N2O6S. The van der Waals surface area contributed by atoms with Crippen molar-refractivity contribution < 1.29 is 30.0 Å². The second-order valence-electron chi connectivity index (χ2n) is 10.7. The summed E-state index contributed by atoms with van der Waals surface area (Å²) in [6.07, 6.45) is 11.0. The minimum Gasteiger partial charge on any atom is -0.473 e. The number of aliphatic carboxylic acids is 2. The highest BCUT2D eigenvalue weighted by Crippen LogP contribution is 2.40. The first-order valence-corrected chi connectivity index (χ1v) is 14.8. The number of carboxylic acids is 2. The van der Waals surface area contributed by atoms with Gasteiger partial charge in [-0.05, 0) is 78.2 Å². The molecule has 0 spiro atoms. The second kappa shape index (κ2) is 14.0. The van der Waals surface area contributed by atoms with Gasteiger partial charge in [-0.2, -0.15) is 0 Å². The van der Waals surface area contributed by atoms with E-state index in [2.05, 4.69) is 45.6 Å². The number of aliphatic hydroxyl groups is 2. The minimum absolute atomic E-state index is 0.0724. The standard InChI is InChI=1S/C29H36N2O2S.C2H2O4/c32-21-29(26-11-4-5-16-30-26,28(33)24-7-2-1-3-8-24)15-19-31-17-12-22(13-18-31)25-10-6-9-23-14-20-34-27(23)25;3-1(4)2(5)6/h4-6,9-12,14,16,20,24,28,32-33H,1-3,7-8,13,15,17-19,21H2;(H,3,4)(H,5,6). The van der Waals surface area contributed by atoms with Gasteiger partial charge in [0.1, 0.15) is 0 Å². The smallest absolute Gasteiger partial charge is 0.414 e. The van der Waals surface area contributed by atoms with Gasteiger partial charge in [0.05, 0.1) is 23.8 Å². The summed E-state index contributed by atoms with van der Waals surface area (Å²) in [5, 5.41) is 40.6. The van der Waals surface area contributed by atoms with Crippen LogP contribution < -0.4 is 0 Å². The monoisotopic (exact) mass is 566 g/mol. The van der Waals surface area contributed by atoms with Gasteiger partial charge < -0.3 is 20.4 Å². The van der Waals surface area contributed by atoms with Crippen LogP contribution in [0.4, 0.5) is 0 Å². The molecule has 2 atom stereocenters. The van der Waals surface area contributed by atoms with Crippen molar-refractivity contribution in [1.29, 1.82) is 0 Å². The lowest BCUT2D eigenvalue weighted by atomic mass is 9.68. The lowest BCUT2D eigenvalue weighted by molar-refractivity contribution is -0.159. The maximum atomic E-state index is 11.6. The number of fused-ring (bicyclic) bond motifs is 1. The van der Waals surface area contributed by atoms with Crippen LogP contribution in [0.5, 0.6) is 0 Å². The summed E-state index contributed by atoms with van der Waals surface area (Å²) in [6.45, 7) is 2.67. The van der Waals surface area contributed by atoms with Crippen LogP contribution in [0, 0.1) is 5.92 Å². The molecule has 214 valence electrons. The number of carboxylic acid groups (broad SMARTS) is 2. The lowest BCUT2D eigenvalue weighted by Gasteiger charge is -2.42. The number of rotatable bonds is 8. The SMILES string of the molecule is O=C(O)C(=O)O.OCC(CCN1CC=C(c2cccc3ccsc23)CC1)(c1ccccn1)C(O)C1CCCCC1. The fraction of sp³-hybridized carbons (Fsp3) is 0.452. The van der Waals surface area contributed by atoms with Crippen molar-refractivity contribution in [1.82, 2.24) is 9.88 Å². The summed E-state index contributed by atoms with van der Waals surface area (Å²) in [7, 11) is 0. The van der Waals surface area contributed by atoms with Gasteiger partial charge in [-0.15, -0.1) is 11.3 Å². The van der Waals surface area contributed by atoms with Crippen molar-refractivity contribution in [2.24, 2.45) is 5.92 Å². The van der Waals surface area contributed by atoms with Crippen LogP contribution in [-0.2, 0) is 15.0 Å². The van der Waals surface area contributed by atoms with Gasteiger partial charge in [0.15, 0.2) is 0 Å². The number of pyridine rings is 1. The average molecular weight is 567 g/mol. The molecular weight excluding hydrogens is 528 g/mol. The Morgan fingerprint density at radius 1 is 1.05 bits per heavy atom. The molecule has 1 aromatic carbocycles. The van der Waals surface area contributed by atoms with Gasteiger partial charge in [0.2, 0.25) is 0 Å². The van der Waals surface area contributed by atoms with E-state index in [1.54, 1.807) is 6.20 Å². The van der Waals surface area contributed by atoms with Gasteiger partial charge >= 0.3 is 11.9 Å². The van der Waals surface area contributed by atoms with E-state index in [1.165, 1.54) is 40.5 Å². The van der Waals surface area contributed by atoms with Crippen LogP contribution in [0.1, 0.15) is 56.2 Å². The van der Waals surface area contributed by atoms with Crippen LogP contribution in [0.15, 0.2) is 60.1 Å². The molecule has 1 fully saturated rings. The van der Waals surface area contributed by atoms with Crippen molar-refractivity contribution in [2.45, 2.75) is 56.5 Å². The topological polar surface area (TPSA) is 131 Å². The maximum absolute atomic E-state index is 11.6. The summed E-state index contributed by atoms with van der Waals surface area (Å²) >= 11 is 1.82. The molecule has 3 aromatic rings. The highest BCUT2D eigenvalue weighted by Gasteiger charge is 2.44. The van der Waals surface area contributed by atoms with E-state index in [1.807, 2.05) is 29.5 Å². The number of aromatic nitrogens is 1. The normalized spacial score (nSPS) is 18.7. The Morgan fingerprint density at radius 3 is 2.45 bits per heavy atom. The number of benzene rings is 1. The molecule has 40 heavy (non-hydrogen) atoms. The van der Waals surface area contributed by atoms with E-state index < -0.39 is 23.5 Å². The van der Waals surface area contributed by atoms with Crippen LogP contribution in [-0.4, -0.2) is 74.6 Å². The number of hydrogen-bond acceptors (Lipinski definition) is 7. The Labute approximate surface area is 238 Å². The third kappa shape index (κ3) is 6.96. The Morgan fingerprint density at radius 2 is 1.82 bits per heavy atom. The minimum atomic E-state index is -1.82. The first-order valence-electron chi connectivity index (χ1n) is 13.9. The van der Waals surface area contributed by atoms with E-state index in [0.29, 0.717) is 6.42 Å². The summed E-state index contributed by atoms with van der Waals surface area (Å²) in [5.74, 6) is -3.41. The molecule has 0 amide bonds. The first-order chi connectivity index (χ1) is 19.4. The summed E-state index contributed by atoms with van der Waals surface area (Å²) in [6, 6.07) is 14.7. The summed E-state index contributed by atoms with van der Waals surface area (Å²) < 4.78 is 1.38. The second-order valence-corrected chi connectivity index (χ2v) is 11.6. The van der Waals surface area contributed by atoms with Crippen LogP contribution in [0.3, 0.4) is 0 Å². The van der Waals surface area contributed by atoms with Crippen molar-refractivity contribution >= 4 is 38.9 Å². The average Bonchev–Trinajstić information content (AvgIpc) is 3.48. The fourth-order valence-electron chi connectivity index (χ4n) is 6.00. The van der Waals surface area contributed by atoms with Gasteiger partial charge in [-0.1, -0.05) is 49.6 Å². The van der Waals surface area contributed by atoms with E-state index in [-0.39, 0.29) is 12.5 Å². The molecule has 5 rings (SSSR count). The Hall–Kier alpha value is -3.11. The Kier molecular flexibility index (Phi) is 10.4. The third-order valence-corrected chi connectivity index (χ3v) is 9.26. The predicted molar refractivity (Wildman–Crippen MR) is 156 cm³/mol. The quantitative estimate of drug-likeness (QED) is 0.286. The molecule has 0 saturated heterocycles. The zero-order chi connectivity index (χ0) is 28.5. The molecule has 2 aromatic heterocycles. The number of hydrogen-bond donors (Lipinski definition) is 4. The third-order valence-electron chi connectivity index (χ3n) is 8.29. The Bertz CT molecular complexity index is 1290. The van der Waals surface area contributed by atoms with E-state index in [9.17, 15) is 10.2 Å².